The quantitative estimate of drug-likeness (QED) is 0.454. The Kier molecular flexibility index (Phi) is 9.91. The zero-order valence-electron chi connectivity index (χ0n) is 18.3. The maximum atomic E-state index is 10.3. The minimum atomic E-state index is -0.588. The lowest BCUT2D eigenvalue weighted by Gasteiger charge is -2.33. The Labute approximate surface area is 200 Å². The van der Waals surface area contributed by atoms with Gasteiger partial charge in [-0.1, -0.05) is 40.9 Å². The molecule has 3 N–H and O–H groups in total. The predicted octanol–water partition coefficient (Wildman–Crippen LogP) is 3.54. The number of β-amino-alcohol motifs (C(OH)–C–C–N with tert-alkyl or cyclic N) is 1. The summed E-state index contributed by atoms with van der Waals surface area (Å²) in [5.41, 5.74) is 1.18. The van der Waals surface area contributed by atoms with Crippen LogP contribution in [0.4, 0.5) is 0 Å². The van der Waals surface area contributed by atoms with Crippen LogP contribution in [-0.2, 0) is 0 Å². The Morgan fingerprint density at radius 1 is 0.938 bits per heavy atom. The van der Waals surface area contributed by atoms with E-state index >= 15 is 0 Å². The zero-order valence-corrected chi connectivity index (χ0v) is 19.9. The summed E-state index contributed by atoms with van der Waals surface area (Å²) < 4.78 is 11.3. The van der Waals surface area contributed by atoms with Gasteiger partial charge in [-0.3, -0.25) is 0 Å². The van der Waals surface area contributed by atoms with Crippen LogP contribution in [0.1, 0.15) is 18.4 Å². The van der Waals surface area contributed by atoms with Crippen molar-refractivity contribution in [2.45, 2.75) is 38.0 Å². The molecule has 1 aliphatic heterocycles. The second-order valence-electron chi connectivity index (χ2n) is 8.30. The third-order valence-corrected chi connectivity index (χ3v) is 6.23. The first-order valence-corrected chi connectivity index (χ1v) is 11.7. The molecule has 0 saturated carbocycles. The van der Waals surface area contributed by atoms with Crippen molar-refractivity contribution >= 4 is 23.2 Å². The molecule has 0 aromatic heterocycles. The molecule has 0 amide bonds. The van der Waals surface area contributed by atoms with E-state index in [-0.39, 0.29) is 13.2 Å². The van der Waals surface area contributed by atoms with E-state index in [1.54, 1.807) is 18.2 Å². The molecule has 1 aliphatic rings. The molecule has 0 bridgehead atoms. The summed E-state index contributed by atoms with van der Waals surface area (Å²) >= 11 is 11.9. The first kappa shape index (κ1) is 25.1. The van der Waals surface area contributed by atoms with Crippen molar-refractivity contribution < 1.29 is 19.7 Å². The van der Waals surface area contributed by atoms with Crippen molar-refractivity contribution in [2.75, 3.05) is 39.4 Å². The molecule has 0 aliphatic carbocycles. The summed E-state index contributed by atoms with van der Waals surface area (Å²) in [6.07, 6.45) is 0.780. The number of hydrogen-bond acceptors (Lipinski definition) is 6. The normalized spacial score (nSPS) is 17.2. The van der Waals surface area contributed by atoms with Gasteiger partial charge >= 0.3 is 0 Å². The molecule has 2 aromatic rings. The van der Waals surface area contributed by atoms with E-state index in [0.717, 1.165) is 31.7 Å². The van der Waals surface area contributed by atoms with Gasteiger partial charge < -0.3 is 29.9 Å². The van der Waals surface area contributed by atoms with Crippen LogP contribution in [0.3, 0.4) is 0 Å². The van der Waals surface area contributed by atoms with Crippen LogP contribution in [0.25, 0.3) is 0 Å². The lowest BCUT2D eigenvalue weighted by atomic mass is 10.0. The van der Waals surface area contributed by atoms with Gasteiger partial charge in [0.2, 0.25) is 0 Å². The highest BCUT2D eigenvalue weighted by Gasteiger charge is 2.21. The number of ether oxygens (including phenoxy) is 2. The fraction of sp³-hybridized carbons (Fsp3) is 0.500. The first-order chi connectivity index (χ1) is 15.4. The standard InChI is InChI=1S/C24H32Cl2N2O4/c1-17-2-4-21(5-3-17)31-15-19(29)13-27-18-8-10-28(11-9-18)14-20(30)16-32-22-6-7-23(25)24(26)12-22/h2-7,12,18-20,27,29-30H,8-11,13-16H2,1H3/t19-,20+/m1/s1. The number of aliphatic hydroxyl groups excluding tert-OH is 2. The van der Waals surface area contributed by atoms with Gasteiger partial charge in [-0.25, -0.2) is 0 Å². The van der Waals surface area contributed by atoms with Crippen LogP contribution in [0.2, 0.25) is 10.0 Å². The molecule has 1 heterocycles. The van der Waals surface area contributed by atoms with Crippen LogP contribution < -0.4 is 14.8 Å². The minimum absolute atomic E-state index is 0.198. The number of hydrogen-bond donors (Lipinski definition) is 3. The van der Waals surface area contributed by atoms with Gasteiger partial charge in [-0.2, -0.15) is 0 Å². The van der Waals surface area contributed by atoms with E-state index in [1.807, 2.05) is 31.2 Å². The van der Waals surface area contributed by atoms with Crippen LogP contribution >= 0.6 is 23.2 Å². The first-order valence-electron chi connectivity index (χ1n) is 11.0. The summed E-state index contributed by atoms with van der Waals surface area (Å²) in [5, 5.41) is 24.8. The van der Waals surface area contributed by atoms with E-state index in [0.29, 0.717) is 34.9 Å². The van der Waals surface area contributed by atoms with Crippen LogP contribution in [0.5, 0.6) is 11.5 Å². The molecule has 2 atom stereocenters. The van der Waals surface area contributed by atoms with E-state index in [9.17, 15) is 10.2 Å². The SMILES string of the molecule is Cc1ccc(OC[C@H](O)CNC2CCN(C[C@H](O)COc3ccc(Cl)c(Cl)c3)CC2)cc1. The number of piperidine rings is 1. The largest absolute Gasteiger partial charge is 0.491 e. The minimum Gasteiger partial charge on any atom is -0.491 e. The molecule has 32 heavy (non-hydrogen) atoms. The van der Waals surface area contributed by atoms with Crippen LogP contribution in [0.15, 0.2) is 42.5 Å². The highest BCUT2D eigenvalue weighted by atomic mass is 35.5. The molecule has 0 unspecified atom stereocenters. The summed E-state index contributed by atoms with van der Waals surface area (Å²) in [5.74, 6) is 1.36. The Morgan fingerprint density at radius 3 is 2.25 bits per heavy atom. The molecule has 8 heteroatoms. The van der Waals surface area contributed by atoms with E-state index in [4.69, 9.17) is 32.7 Å². The Bertz CT molecular complexity index is 829. The van der Waals surface area contributed by atoms with Crippen molar-refractivity contribution in [1.82, 2.24) is 10.2 Å². The smallest absolute Gasteiger partial charge is 0.121 e. The number of rotatable bonds is 11. The molecule has 0 radical (unpaired) electrons. The lowest BCUT2D eigenvalue weighted by molar-refractivity contribution is 0.0556. The molecule has 1 saturated heterocycles. The molecular formula is C24H32Cl2N2O4. The summed E-state index contributed by atoms with van der Waals surface area (Å²) in [7, 11) is 0. The van der Waals surface area contributed by atoms with Crippen LogP contribution in [-0.4, -0.2) is 72.8 Å². The van der Waals surface area contributed by atoms with Crippen molar-refractivity contribution in [3.8, 4) is 11.5 Å². The molecular weight excluding hydrogens is 451 g/mol. The van der Waals surface area contributed by atoms with Gasteiger partial charge in [0.1, 0.15) is 36.9 Å². The fourth-order valence-electron chi connectivity index (χ4n) is 3.62. The Morgan fingerprint density at radius 2 is 1.56 bits per heavy atom. The zero-order chi connectivity index (χ0) is 22.9. The van der Waals surface area contributed by atoms with Crippen LogP contribution in [0, 0.1) is 6.92 Å². The third kappa shape index (κ3) is 8.43. The number of benzene rings is 2. The number of aliphatic hydroxyl groups is 2. The van der Waals surface area contributed by atoms with Gasteiger partial charge in [-0.15, -0.1) is 0 Å². The maximum absolute atomic E-state index is 10.3. The highest BCUT2D eigenvalue weighted by Crippen LogP contribution is 2.26. The molecule has 176 valence electrons. The third-order valence-electron chi connectivity index (χ3n) is 5.50. The molecule has 2 aromatic carbocycles. The Balaban J connectivity index is 1.28. The van der Waals surface area contributed by atoms with Crippen molar-refractivity contribution in [3.05, 3.63) is 58.1 Å². The lowest BCUT2D eigenvalue weighted by Crippen LogP contribution is -2.47. The summed E-state index contributed by atoms with van der Waals surface area (Å²) in [6, 6.07) is 13.2. The highest BCUT2D eigenvalue weighted by molar-refractivity contribution is 6.42. The molecule has 1 fully saturated rings. The van der Waals surface area contributed by atoms with Gasteiger partial charge in [0.25, 0.3) is 0 Å². The van der Waals surface area contributed by atoms with Gasteiger partial charge in [-0.05, 0) is 57.1 Å². The topological polar surface area (TPSA) is 74.2 Å². The van der Waals surface area contributed by atoms with Gasteiger partial charge in [0.15, 0.2) is 0 Å². The number of nitrogens with zero attached hydrogens (tertiary/aromatic N) is 1. The van der Waals surface area contributed by atoms with Crippen molar-refractivity contribution in [1.29, 1.82) is 0 Å². The number of likely N-dealkylation sites (tertiary alicyclic amines) is 1. The average molecular weight is 483 g/mol. The van der Waals surface area contributed by atoms with Crippen molar-refractivity contribution in [2.24, 2.45) is 0 Å². The second kappa shape index (κ2) is 12.6. The fourth-order valence-corrected chi connectivity index (χ4v) is 3.91. The van der Waals surface area contributed by atoms with Gasteiger partial charge in [0, 0.05) is 25.2 Å². The molecule has 6 nitrogen and oxygen atoms in total. The monoisotopic (exact) mass is 482 g/mol. The Hall–Kier alpha value is -1.54. The molecule has 0 spiro atoms. The van der Waals surface area contributed by atoms with E-state index < -0.39 is 12.2 Å². The molecule has 3 rings (SSSR count). The van der Waals surface area contributed by atoms with E-state index in [2.05, 4.69) is 10.2 Å². The number of aryl methyl sites for hydroxylation is 1. The summed E-state index contributed by atoms with van der Waals surface area (Å²) in [6.45, 7) is 5.32. The van der Waals surface area contributed by atoms with E-state index in [1.165, 1.54) is 5.56 Å². The predicted molar refractivity (Wildman–Crippen MR) is 128 cm³/mol. The second-order valence-corrected chi connectivity index (χ2v) is 9.12. The number of nitrogens with one attached hydrogen (secondary N) is 1. The van der Waals surface area contributed by atoms with Crippen molar-refractivity contribution in [3.63, 3.8) is 0 Å². The maximum Gasteiger partial charge on any atom is 0.121 e. The number of halogens is 2. The average Bonchev–Trinajstić information content (AvgIpc) is 2.79. The summed E-state index contributed by atoms with van der Waals surface area (Å²) in [4.78, 5) is 2.23. The van der Waals surface area contributed by atoms with Gasteiger partial charge in [0.05, 0.1) is 10.0 Å².